The van der Waals surface area contributed by atoms with Gasteiger partial charge in [0.1, 0.15) is 4.83 Å². The third kappa shape index (κ3) is 3.53. The molecule has 1 aliphatic rings. The number of benzene rings is 1. The smallest absolute Gasteiger partial charge is 0.266 e. The zero-order chi connectivity index (χ0) is 19.7. The fourth-order valence-electron chi connectivity index (χ4n) is 3.45. The molecule has 3 N–H and O–H groups in total. The van der Waals surface area contributed by atoms with Crippen LogP contribution in [0.15, 0.2) is 29.1 Å². The molecular formula is C20H23N5O2S. The first-order valence-electron chi connectivity index (χ1n) is 9.40. The fourth-order valence-corrected chi connectivity index (χ4v) is 4.52. The molecule has 0 aliphatic carbocycles. The molecule has 0 radical (unpaired) electrons. The van der Waals surface area contributed by atoms with Crippen molar-refractivity contribution in [3.05, 3.63) is 50.6 Å². The van der Waals surface area contributed by atoms with E-state index in [1.165, 1.54) is 11.3 Å². The first-order chi connectivity index (χ1) is 13.5. The first-order valence-corrected chi connectivity index (χ1v) is 10.2. The molecule has 0 unspecified atom stereocenters. The van der Waals surface area contributed by atoms with E-state index >= 15 is 0 Å². The molecule has 3 aromatic rings. The van der Waals surface area contributed by atoms with Crippen LogP contribution < -0.4 is 21.1 Å². The summed E-state index contributed by atoms with van der Waals surface area (Å²) in [6.07, 6.45) is 0.995. The Bertz CT molecular complexity index is 1080. The summed E-state index contributed by atoms with van der Waals surface area (Å²) in [6.45, 7) is 7.20. The maximum atomic E-state index is 12.8. The minimum atomic E-state index is -0.213. The molecule has 8 heteroatoms. The van der Waals surface area contributed by atoms with Gasteiger partial charge in [0.05, 0.1) is 10.3 Å². The number of anilines is 2. The van der Waals surface area contributed by atoms with Gasteiger partial charge >= 0.3 is 0 Å². The average Bonchev–Trinajstić information content (AvgIpc) is 2.85. The summed E-state index contributed by atoms with van der Waals surface area (Å²) in [5, 5.41) is 6.79. The van der Waals surface area contributed by atoms with Crippen LogP contribution in [0.1, 0.15) is 27.2 Å². The zero-order valence-corrected chi connectivity index (χ0v) is 16.8. The Kier molecular flexibility index (Phi) is 5.15. The van der Waals surface area contributed by atoms with E-state index in [-0.39, 0.29) is 11.5 Å². The van der Waals surface area contributed by atoms with Crippen LogP contribution in [0.4, 0.5) is 11.6 Å². The highest BCUT2D eigenvalue weighted by Gasteiger charge is 2.21. The number of fused-ring (bicyclic) bond motifs is 1. The maximum Gasteiger partial charge on any atom is 0.266 e. The summed E-state index contributed by atoms with van der Waals surface area (Å²) >= 11 is 1.27. The lowest BCUT2D eigenvalue weighted by atomic mass is 10.2. The van der Waals surface area contributed by atoms with Crippen molar-refractivity contribution in [3.8, 4) is 0 Å². The quantitative estimate of drug-likeness (QED) is 0.632. The Hall–Kier alpha value is -2.71. The van der Waals surface area contributed by atoms with E-state index in [4.69, 9.17) is 0 Å². The number of thiophene rings is 1. The highest BCUT2D eigenvalue weighted by molar-refractivity contribution is 7.20. The van der Waals surface area contributed by atoms with Crippen LogP contribution in [0.2, 0.25) is 0 Å². The third-order valence-electron chi connectivity index (χ3n) is 5.03. The first kappa shape index (κ1) is 18.6. The molecule has 4 rings (SSSR count). The summed E-state index contributed by atoms with van der Waals surface area (Å²) in [7, 11) is 0. The van der Waals surface area contributed by atoms with Gasteiger partial charge in [0.15, 0.2) is 0 Å². The highest BCUT2D eigenvalue weighted by Crippen LogP contribution is 2.29. The van der Waals surface area contributed by atoms with Crippen molar-refractivity contribution in [3.63, 3.8) is 0 Å². The molecular weight excluding hydrogens is 374 g/mol. The number of aryl methyl sites for hydroxylation is 2. The Morgan fingerprint density at radius 1 is 1.21 bits per heavy atom. The minimum absolute atomic E-state index is 0.194. The van der Waals surface area contributed by atoms with Crippen LogP contribution in [0.3, 0.4) is 0 Å². The summed E-state index contributed by atoms with van der Waals surface area (Å²) in [5.74, 6) is 0.364. The molecule has 0 saturated carbocycles. The second-order valence-electron chi connectivity index (χ2n) is 6.99. The standard InChI is InChI=1S/C20H23N5O2S/c1-12-6-3-4-7-14(12)22-18(27)16-13(2)15-17(26)23-20(24-19(15)28-16)25-10-5-8-21-9-11-25/h3-4,6-7,21H,5,8-11H2,1-2H3,(H,22,27)(H,23,24,26). The van der Waals surface area contributed by atoms with Crippen LogP contribution in [-0.2, 0) is 0 Å². The second kappa shape index (κ2) is 7.73. The third-order valence-corrected chi connectivity index (χ3v) is 6.21. The summed E-state index contributed by atoms with van der Waals surface area (Å²) in [5.41, 5.74) is 2.23. The van der Waals surface area contributed by atoms with E-state index in [1.54, 1.807) is 6.92 Å². The van der Waals surface area contributed by atoms with Crippen LogP contribution in [-0.4, -0.2) is 42.1 Å². The van der Waals surface area contributed by atoms with E-state index in [0.717, 1.165) is 43.9 Å². The predicted octanol–water partition coefficient (Wildman–Crippen LogP) is 2.65. The highest BCUT2D eigenvalue weighted by atomic mass is 32.1. The molecule has 1 fully saturated rings. The molecule has 1 aromatic carbocycles. The second-order valence-corrected chi connectivity index (χ2v) is 7.98. The number of aromatic amines is 1. The monoisotopic (exact) mass is 397 g/mol. The van der Waals surface area contributed by atoms with Gasteiger partial charge < -0.3 is 15.5 Å². The number of H-pyrrole nitrogens is 1. The van der Waals surface area contributed by atoms with Crippen molar-refractivity contribution in [2.24, 2.45) is 0 Å². The van der Waals surface area contributed by atoms with Gasteiger partial charge in [-0.05, 0) is 44.0 Å². The number of para-hydroxylation sites is 1. The van der Waals surface area contributed by atoms with Crippen molar-refractivity contribution in [1.29, 1.82) is 0 Å². The Morgan fingerprint density at radius 2 is 2.04 bits per heavy atom. The largest absolute Gasteiger partial charge is 0.341 e. The molecule has 3 heterocycles. The van der Waals surface area contributed by atoms with Crippen molar-refractivity contribution < 1.29 is 4.79 Å². The minimum Gasteiger partial charge on any atom is -0.341 e. The average molecular weight is 398 g/mol. The van der Waals surface area contributed by atoms with Crippen molar-refractivity contribution >= 4 is 39.1 Å². The number of amides is 1. The predicted molar refractivity (Wildman–Crippen MR) is 114 cm³/mol. The van der Waals surface area contributed by atoms with Gasteiger partial charge in [0.2, 0.25) is 5.95 Å². The molecule has 7 nitrogen and oxygen atoms in total. The number of aromatic nitrogens is 2. The van der Waals surface area contributed by atoms with Gasteiger partial charge in [-0.3, -0.25) is 14.6 Å². The Morgan fingerprint density at radius 3 is 2.86 bits per heavy atom. The SMILES string of the molecule is Cc1ccccc1NC(=O)c1sc2nc(N3CCCNCC3)[nH]c(=O)c2c1C. The molecule has 1 aliphatic heterocycles. The fraction of sp³-hybridized carbons (Fsp3) is 0.350. The summed E-state index contributed by atoms with van der Waals surface area (Å²) in [4.78, 5) is 36.4. The van der Waals surface area contributed by atoms with Gasteiger partial charge in [0.25, 0.3) is 11.5 Å². The van der Waals surface area contributed by atoms with Crippen LogP contribution in [0, 0.1) is 13.8 Å². The normalized spacial score (nSPS) is 14.9. The zero-order valence-electron chi connectivity index (χ0n) is 16.0. The topological polar surface area (TPSA) is 90.1 Å². The van der Waals surface area contributed by atoms with Gasteiger partial charge in [-0.1, -0.05) is 18.2 Å². The van der Waals surface area contributed by atoms with E-state index < -0.39 is 0 Å². The molecule has 146 valence electrons. The number of nitrogens with zero attached hydrogens (tertiary/aromatic N) is 2. The Labute approximate surface area is 166 Å². The molecule has 0 bridgehead atoms. The number of hydrogen-bond donors (Lipinski definition) is 3. The van der Waals surface area contributed by atoms with Crippen LogP contribution >= 0.6 is 11.3 Å². The van der Waals surface area contributed by atoms with Crippen molar-refractivity contribution in [1.82, 2.24) is 15.3 Å². The lowest BCUT2D eigenvalue weighted by molar-refractivity contribution is 0.103. The molecule has 0 atom stereocenters. The van der Waals surface area contributed by atoms with E-state index in [2.05, 4.69) is 25.5 Å². The van der Waals surface area contributed by atoms with Gasteiger partial charge in [-0.2, -0.15) is 0 Å². The summed E-state index contributed by atoms with van der Waals surface area (Å²) in [6, 6.07) is 7.63. The number of hydrogen-bond acceptors (Lipinski definition) is 6. The maximum absolute atomic E-state index is 12.8. The van der Waals surface area contributed by atoms with Gasteiger partial charge in [-0.25, -0.2) is 4.98 Å². The van der Waals surface area contributed by atoms with Gasteiger partial charge in [-0.15, -0.1) is 11.3 Å². The number of carbonyl (C=O) groups excluding carboxylic acids is 1. The molecule has 1 saturated heterocycles. The van der Waals surface area contributed by atoms with E-state index in [1.807, 2.05) is 31.2 Å². The Balaban J connectivity index is 1.69. The van der Waals surface area contributed by atoms with Crippen LogP contribution in [0.5, 0.6) is 0 Å². The number of carbonyl (C=O) groups is 1. The summed E-state index contributed by atoms with van der Waals surface area (Å²) < 4.78 is 0. The van der Waals surface area contributed by atoms with E-state index in [9.17, 15) is 9.59 Å². The lowest BCUT2D eigenvalue weighted by Gasteiger charge is -2.19. The number of nitrogens with one attached hydrogen (secondary N) is 3. The molecule has 1 amide bonds. The van der Waals surface area contributed by atoms with Gasteiger partial charge in [0, 0.05) is 25.3 Å². The number of rotatable bonds is 3. The molecule has 2 aromatic heterocycles. The van der Waals surface area contributed by atoms with Crippen molar-refractivity contribution in [2.75, 3.05) is 36.4 Å². The van der Waals surface area contributed by atoms with E-state index in [0.29, 0.717) is 26.6 Å². The lowest BCUT2D eigenvalue weighted by Crippen LogP contribution is -2.31. The van der Waals surface area contributed by atoms with Crippen molar-refractivity contribution in [2.45, 2.75) is 20.3 Å². The van der Waals surface area contributed by atoms with Crippen LogP contribution in [0.25, 0.3) is 10.2 Å². The molecule has 0 spiro atoms. The molecule has 28 heavy (non-hydrogen) atoms.